The van der Waals surface area contributed by atoms with Crippen LogP contribution >= 0.6 is 0 Å². The molecule has 0 radical (unpaired) electrons. The van der Waals surface area contributed by atoms with Crippen molar-refractivity contribution in [1.29, 1.82) is 0 Å². The molecule has 11 heteroatoms. The van der Waals surface area contributed by atoms with E-state index in [1.54, 1.807) is 18.2 Å². The number of aromatic hydroxyl groups is 1. The lowest BCUT2D eigenvalue weighted by molar-refractivity contribution is -0.141. The Balaban J connectivity index is 1.45. The van der Waals surface area contributed by atoms with E-state index in [0.29, 0.717) is 0 Å². The van der Waals surface area contributed by atoms with Crippen LogP contribution in [-0.2, 0) is 27.2 Å². The average molecular weight is 623 g/mol. The smallest absolute Gasteiger partial charge is 0.302 e. The van der Waals surface area contributed by atoms with Crippen molar-refractivity contribution in [2.24, 2.45) is 11.8 Å². The molecule has 2 aliphatic heterocycles. The number of carbonyl (C=O) groups excluding carboxylic acids is 3. The fourth-order valence-corrected chi connectivity index (χ4v) is 7.32. The molecule has 0 spiro atoms. The molecular weight excluding hydrogens is 588 g/mol. The molecule has 4 atom stereocenters. The number of aliphatic hydroxyl groups excluding tert-OH is 1. The number of hydrogen-bond acceptors (Lipinski definition) is 8. The van der Waals surface area contributed by atoms with E-state index in [9.17, 15) is 29.4 Å². The van der Waals surface area contributed by atoms with Crippen LogP contribution in [0.15, 0.2) is 89.9 Å². The number of nitrogens with zero attached hydrogens (tertiary/aromatic N) is 4. The molecule has 1 aromatic heterocycles. The van der Waals surface area contributed by atoms with Gasteiger partial charge in [-0.25, -0.2) is 0 Å². The zero-order valence-corrected chi connectivity index (χ0v) is 25.2. The zero-order valence-electron chi connectivity index (χ0n) is 25.2. The van der Waals surface area contributed by atoms with Crippen LogP contribution in [0.3, 0.4) is 0 Å². The second-order valence-electron chi connectivity index (χ2n) is 12.0. The third-order valence-electron chi connectivity index (χ3n) is 9.47. The second kappa shape index (κ2) is 11.6. The maximum absolute atomic E-state index is 14.3. The Hall–Kier alpha value is -5.16. The molecule has 2 aliphatic carbocycles. The van der Waals surface area contributed by atoms with Crippen molar-refractivity contribution in [1.82, 2.24) is 14.5 Å². The van der Waals surface area contributed by atoms with Crippen LogP contribution in [-0.4, -0.2) is 74.6 Å². The number of likely N-dealkylation sites (tertiary alicyclic amines) is 1. The van der Waals surface area contributed by atoms with Crippen molar-refractivity contribution >= 4 is 17.8 Å². The quantitative estimate of drug-likeness (QED) is 0.400. The van der Waals surface area contributed by atoms with Gasteiger partial charge in [-0.1, -0.05) is 72.8 Å². The monoisotopic (exact) mass is 622 g/mol. The molecule has 4 aliphatic rings. The minimum atomic E-state index is -1.15. The summed E-state index contributed by atoms with van der Waals surface area (Å²) < 4.78 is 6.76. The van der Waals surface area contributed by atoms with Gasteiger partial charge in [-0.05, 0) is 35.1 Å². The summed E-state index contributed by atoms with van der Waals surface area (Å²) in [5, 5.41) is 24.5. The number of aryl methyl sites for hydroxylation is 2. The van der Waals surface area contributed by atoms with E-state index in [4.69, 9.17) is 4.74 Å². The van der Waals surface area contributed by atoms with Gasteiger partial charge in [0.15, 0.2) is 11.4 Å². The van der Waals surface area contributed by atoms with Gasteiger partial charge in [0.2, 0.25) is 11.3 Å². The number of benzene rings is 2. The predicted molar refractivity (Wildman–Crippen MR) is 167 cm³/mol. The molecule has 1 fully saturated rings. The molecule has 2 N–H and O–H groups in total. The van der Waals surface area contributed by atoms with Gasteiger partial charge in [-0.15, -0.1) is 0 Å². The summed E-state index contributed by atoms with van der Waals surface area (Å²) >= 11 is 0. The van der Waals surface area contributed by atoms with Crippen molar-refractivity contribution in [2.45, 2.75) is 38.2 Å². The van der Waals surface area contributed by atoms with Gasteiger partial charge in [0.25, 0.3) is 5.91 Å². The lowest BCUT2D eigenvalue weighted by Crippen LogP contribution is -2.66. The van der Waals surface area contributed by atoms with Crippen LogP contribution in [0.4, 0.5) is 0 Å². The number of carbonyl (C=O) groups is 3. The molecule has 0 saturated carbocycles. The van der Waals surface area contributed by atoms with Gasteiger partial charge in [-0.2, -0.15) is 0 Å². The van der Waals surface area contributed by atoms with Crippen LogP contribution in [0.2, 0.25) is 0 Å². The van der Waals surface area contributed by atoms with Crippen molar-refractivity contribution in [3.05, 3.63) is 123 Å². The number of fused-ring (bicyclic) bond motifs is 4. The first kappa shape index (κ1) is 29.5. The van der Waals surface area contributed by atoms with E-state index in [1.807, 2.05) is 47.5 Å². The number of ether oxygens (including phenoxy) is 1. The first-order chi connectivity index (χ1) is 22.3. The highest BCUT2D eigenvalue weighted by molar-refractivity contribution is 5.96. The zero-order chi connectivity index (χ0) is 32.1. The molecule has 7 rings (SSSR count). The van der Waals surface area contributed by atoms with E-state index in [0.717, 1.165) is 35.1 Å². The molecular formula is C35H34N4O7. The SMILES string of the molecule is CC(=O)OCCN1C(=O)c2c(O)c(=O)ccn2N(C2c3ccccc3CCc3ccccc32)C1CN1C(=O)C2C=CC=CC2C1O. The molecule has 3 aromatic rings. The maximum atomic E-state index is 14.3. The number of hydrogen-bond donors (Lipinski definition) is 2. The highest BCUT2D eigenvalue weighted by atomic mass is 16.5. The second-order valence-corrected chi connectivity index (χ2v) is 12.0. The number of rotatable bonds is 6. The summed E-state index contributed by atoms with van der Waals surface area (Å²) in [6, 6.07) is 16.7. The van der Waals surface area contributed by atoms with Gasteiger partial charge in [-0.3, -0.25) is 28.9 Å². The molecule has 0 bridgehead atoms. The molecule has 46 heavy (non-hydrogen) atoms. The topological polar surface area (TPSA) is 133 Å². The Morgan fingerprint density at radius 3 is 2.22 bits per heavy atom. The Kier molecular flexibility index (Phi) is 7.48. The molecule has 1 saturated heterocycles. The third-order valence-corrected chi connectivity index (χ3v) is 9.47. The normalized spacial score (nSPS) is 23.5. The summed E-state index contributed by atoms with van der Waals surface area (Å²) in [5.41, 5.74) is 3.16. The van der Waals surface area contributed by atoms with Gasteiger partial charge < -0.3 is 24.7 Å². The fourth-order valence-electron chi connectivity index (χ4n) is 7.32. The lowest BCUT2D eigenvalue weighted by Gasteiger charge is -2.51. The molecule has 236 valence electrons. The van der Waals surface area contributed by atoms with Crippen LogP contribution in [0.1, 0.15) is 45.7 Å². The maximum Gasteiger partial charge on any atom is 0.302 e. The number of allylic oxidation sites excluding steroid dienone is 2. The Morgan fingerprint density at radius 2 is 1.57 bits per heavy atom. The van der Waals surface area contributed by atoms with Crippen LogP contribution in [0, 0.1) is 11.8 Å². The third kappa shape index (κ3) is 4.78. The highest BCUT2D eigenvalue weighted by Gasteiger charge is 2.50. The van der Waals surface area contributed by atoms with Crippen molar-refractivity contribution in [2.75, 3.05) is 24.7 Å². The van der Waals surface area contributed by atoms with Crippen LogP contribution in [0.5, 0.6) is 5.75 Å². The van der Waals surface area contributed by atoms with Gasteiger partial charge in [0.1, 0.15) is 19.0 Å². The average Bonchev–Trinajstić information content (AvgIpc) is 3.18. The molecule has 2 amide bonds. The van der Waals surface area contributed by atoms with Crippen molar-refractivity contribution < 1.29 is 29.3 Å². The van der Waals surface area contributed by atoms with E-state index >= 15 is 0 Å². The minimum absolute atomic E-state index is 0.0943. The fraction of sp³-hybridized carbons (Fsp3) is 0.314. The summed E-state index contributed by atoms with van der Waals surface area (Å²) in [6.07, 6.45) is 8.10. The summed E-state index contributed by atoms with van der Waals surface area (Å²) in [7, 11) is 0. The van der Waals surface area contributed by atoms with Gasteiger partial charge >= 0.3 is 5.97 Å². The Labute approximate surface area is 265 Å². The van der Waals surface area contributed by atoms with E-state index in [1.165, 1.54) is 33.7 Å². The molecule has 4 unspecified atom stereocenters. The Morgan fingerprint density at radius 1 is 0.913 bits per heavy atom. The van der Waals surface area contributed by atoms with Crippen molar-refractivity contribution in [3.8, 4) is 5.75 Å². The number of pyridine rings is 1. The number of aromatic nitrogens is 1. The summed E-state index contributed by atoms with van der Waals surface area (Å²) in [6.45, 7) is 0.911. The van der Waals surface area contributed by atoms with Crippen molar-refractivity contribution in [3.63, 3.8) is 0 Å². The largest absolute Gasteiger partial charge is 0.502 e. The summed E-state index contributed by atoms with van der Waals surface area (Å²) in [5.74, 6) is -3.18. The summed E-state index contributed by atoms with van der Waals surface area (Å²) in [4.78, 5) is 55.4. The van der Waals surface area contributed by atoms with E-state index < -0.39 is 53.3 Å². The van der Waals surface area contributed by atoms with Crippen LogP contribution < -0.4 is 10.4 Å². The molecule has 3 heterocycles. The molecule has 2 aromatic carbocycles. The van der Waals surface area contributed by atoms with Gasteiger partial charge in [0.05, 0.1) is 25.0 Å². The first-order valence-corrected chi connectivity index (χ1v) is 15.4. The number of esters is 1. The van der Waals surface area contributed by atoms with E-state index in [2.05, 4.69) is 12.1 Å². The lowest BCUT2D eigenvalue weighted by atomic mass is 9.90. The number of aliphatic hydroxyl groups is 1. The predicted octanol–water partition coefficient (Wildman–Crippen LogP) is 2.24. The van der Waals surface area contributed by atoms with Crippen LogP contribution in [0.25, 0.3) is 0 Å². The highest BCUT2D eigenvalue weighted by Crippen LogP contribution is 2.41. The van der Waals surface area contributed by atoms with Gasteiger partial charge in [0, 0.05) is 25.1 Å². The number of amides is 2. The Bertz CT molecular complexity index is 1800. The van der Waals surface area contributed by atoms with E-state index in [-0.39, 0.29) is 31.3 Å². The minimum Gasteiger partial charge on any atom is -0.502 e. The first-order valence-electron chi connectivity index (χ1n) is 15.4. The molecule has 11 nitrogen and oxygen atoms in total. The standard InChI is InChI=1S/C35H34N4O7/c1-21(40)46-19-18-36-29(20-37-33(43)26-12-6-7-13-27(26)34(37)44)39(38-17-16-28(41)32(42)31(38)35(36)45)30-24-10-4-2-8-22(24)14-15-23-9-3-5-11-25(23)30/h2-13,16-17,26-27,29-30,33,42-43H,14-15,18-20H2,1H3.